The van der Waals surface area contributed by atoms with Crippen molar-refractivity contribution < 1.29 is 19.0 Å². The van der Waals surface area contributed by atoms with Gasteiger partial charge in [-0.1, -0.05) is 18.2 Å². The van der Waals surface area contributed by atoms with Crippen LogP contribution in [0.5, 0.6) is 11.5 Å². The van der Waals surface area contributed by atoms with Gasteiger partial charge in [0.1, 0.15) is 23.8 Å². The molecule has 0 aliphatic heterocycles. The Morgan fingerprint density at radius 2 is 1.92 bits per heavy atom. The van der Waals surface area contributed by atoms with Crippen LogP contribution in [0, 0.1) is 0 Å². The highest BCUT2D eigenvalue weighted by Crippen LogP contribution is 2.27. The van der Waals surface area contributed by atoms with Gasteiger partial charge in [-0.2, -0.15) is 0 Å². The fourth-order valence-electron chi connectivity index (χ4n) is 2.45. The summed E-state index contributed by atoms with van der Waals surface area (Å²) in [5.41, 5.74) is 2.30. The van der Waals surface area contributed by atoms with Crippen LogP contribution < -0.4 is 9.47 Å². The highest BCUT2D eigenvalue weighted by molar-refractivity contribution is 5.97. The molecule has 0 aliphatic carbocycles. The van der Waals surface area contributed by atoms with Crippen LogP contribution in [0.4, 0.5) is 0 Å². The monoisotopic (exact) mass is 325 g/mol. The Morgan fingerprint density at radius 1 is 1.12 bits per heavy atom. The van der Waals surface area contributed by atoms with Crippen molar-refractivity contribution in [1.82, 2.24) is 4.98 Å². The van der Waals surface area contributed by atoms with Gasteiger partial charge in [0.15, 0.2) is 0 Å². The molecule has 5 nitrogen and oxygen atoms in total. The Labute approximate surface area is 140 Å². The largest absolute Gasteiger partial charge is 0.497 e. The topological polar surface area (TPSA) is 60.6 Å². The number of esters is 1. The first-order chi connectivity index (χ1) is 11.7. The number of aromatic nitrogens is 1. The van der Waals surface area contributed by atoms with Gasteiger partial charge in [0.05, 0.1) is 13.7 Å². The number of fused-ring (bicyclic) bond motifs is 1. The lowest BCUT2D eigenvalue weighted by Gasteiger charge is -2.08. The van der Waals surface area contributed by atoms with Gasteiger partial charge < -0.3 is 19.2 Å². The van der Waals surface area contributed by atoms with Crippen LogP contribution in [-0.2, 0) is 11.3 Å². The number of hydrogen-bond donors (Lipinski definition) is 1. The molecule has 124 valence electrons. The van der Waals surface area contributed by atoms with Crippen LogP contribution >= 0.6 is 0 Å². The first-order valence-corrected chi connectivity index (χ1v) is 7.76. The number of methoxy groups -OCH3 is 1. The zero-order chi connectivity index (χ0) is 16.9. The lowest BCUT2D eigenvalue weighted by Crippen LogP contribution is -2.04. The number of nitrogens with one attached hydrogen (secondary N) is 1. The third kappa shape index (κ3) is 3.35. The van der Waals surface area contributed by atoms with E-state index in [9.17, 15) is 4.79 Å². The minimum absolute atomic E-state index is 0.342. The molecule has 5 heteroatoms. The molecule has 0 saturated heterocycles. The van der Waals surface area contributed by atoms with Crippen molar-refractivity contribution in [2.45, 2.75) is 13.5 Å². The Morgan fingerprint density at radius 3 is 2.62 bits per heavy atom. The third-order valence-corrected chi connectivity index (χ3v) is 3.67. The van der Waals surface area contributed by atoms with Crippen LogP contribution in [0.1, 0.15) is 23.0 Å². The molecule has 0 amide bonds. The summed E-state index contributed by atoms with van der Waals surface area (Å²) in [6, 6.07) is 15.1. The van der Waals surface area contributed by atoms with Crippen LogP contribution in [-0.4, -0.2) is 24.7 Å². The standard InChI is InChI=1S/C19H19NO4/c1-3-23-19(21)17-11-15-16(20-17)5-4-6-18(15)24-12-13-7-9-14(22-2)10-8-13/h4-11,20H,3,12H2,1-2H3. The van der Waals surface area contributed by atoms with Crippen molar-refractivity contribution in [3.8, 4) is 11.5 Å². The second-order valence-corrected chi connectivity index (χ2v) is 5.26. The van der Waals surface area contributed by atoms with E-state index in [1.165, 1.54) is 0 Å². The number of rotatable bonds is 6. The average molecular weight is 325 g/mol. The van der Waals surface area contributed by atoms with E-state index in [1.807, 2.05) is 42.5 Å². The number of benzene rings is 2. The molecule has 0 unspecified atom stereocenters. The van der Waals surface area contributed by atoms with Gasteiger partial charge in [0.2, 0.25) is 0 Å². The molecule has 24 heavy (non-hydrogen) atoms. The number of aromatic amines is 1. The van der Waals surface area contributed by atoms with Crippen LogP contribution in [0.25, 0.3) is 10.9 Å². The van der Waals surface area contributed by atoms with E-state index >= 15 is 0 Å². The second kappa shape index (κ2) is 7.08. The van der Waals surface area contributed by atoms with E-state index in [0.717, 1.165) is 28.0 Å². The number of carbonyl (C=O) groups is 1. The first kappa shape index (κ1) is 15.9. The quantitative estimate of drug-likeness (QED) is 0.698. The number of hydrogen-bond acceptors (Lipinski definition) is 4. The Balaban J connectivity index is 1.79. The molecule has 0 saturated carbocycles. The zero-order valence-electron chi connectivity index (χ0n) is 13.7. The van der Waals surface area contributed by atoms with Crippen LogP contribution in [0.15, 0.2) is 48.5 Å². The van der Waals surface area contributed by atoms with Gasteiger partial charge >= 0.3 is 5.97 Å². The number of ether oxygens (including phenoxy) is 3. The summed E-state index contributed by atoms with van der Waals surface area (Å²) in [6.45, 7) is 2.56. The minimum atomic E-state index is -0.366. The second-order valence-electron chi connectivity index (χ2n) is 5.26. The Bertz CT molecular complexity index is 836. The molecule has 2 aromatic carbocycles. The smallest absolute Gasteiger partial charge is 0.354 e. The van der Waals surface area contributed by atoms with Gasteiger partial charge in [0.25, 0.3) is 0 Å². The molecular weight excluding hydrogens is 306 g/mol. The van der Waals surface area contributed by atoms with Gasteiger partial charge in [-0.15, -0.1) is 0 Å². The molecule has 0 bridgehead atoms. The molecule has 0 spiro atoms. The highest BCUT2D eigenvalue weighted by Gasteiger charge is 2.13. The van der Waals surface area contributed by atoms with E-state index in [-0.39, 0.29) is 5.97 Å². The Kier molecular flexibility index (Phi) is 4.70. The lowest BCUT2D eigenvalue weighted by molar-refractivity contribution is 0.0520. The van der Waals surface area contributed by atoms with Gasteiger partial charge in [-0.3, -0.25) is 0 Å². The number of H-pyrrole nitrogens is 1. The predicted molar refractivity (Wildman–Crippen MR) is 91.6 cm³/mol. The molecule has 3 rings (SSSR count). The maximum Gasteiger partial charge on any atom is 0.354 e. The molecule has 1 aromatic heterocycles. The van der Waals surface area contributed by atoms with E-state index in [1.54, 1.807) is 20.1 Å². The van der Waals surface area contributed by atoms with Crippen LogP contribution in [0.3, 0.4) is 0 Å². The maximum atomic E-state index is 11.9. The van der Waals surface area contributed by atoms with Crippen LogP contribution in [0.2, 0.25) is 0 Å². The van der Waals surface area contributed by atoms with E-state index in [0.29, 0.717) is 18.9 Å². The fourth-order valence-corrected chi connectivity index (χ4v) is 2.45. The van der Waals surface area contributed by atoms with Gasteiger partial charge in [0, 0.05) is 10.9 Å². The van der Waals surface area contributed by atoms with Crippen molar-refractivity contribution in [3.63, 3.8) is 0 Å². The maximum absolute atomic E-state index is 11.9. The lowest BCUT2D eigenvalue weighted by atomic mass is 10.2. The van der Waals surface area contributed by atoms with Crippen molar-refractivity contribution >= 4 is 16.9 Å². The molecule has 0 aliphatic rings. The molecule has 1 heterocycles. The Hall–Kier alpha value is -2.95. The van der Waals surface area contributed by atoms with E-state index in [2.05, 4.69) is 4.98 Å². The summed E-state index contributed by atoms with van der Waals surface area (Å²) in [7, 11) is 1.64. The summed E-state index contributed by atoms with van der Waals surface area (Å²) < 4.78 is 16.1. The summed E-state index contributed by atoms with van der Waals surface area (Å²) in [4.78, 5) is 14.9. The summed E-state index contributed by atoms with van der Waals surface area (Å²) >= 11 is 0. The molecule has 0 radical (unpaired) electrons. The third-order valence-electron chi connectivity index (χ3n) is 3.67. The van der Waals surface area contributed by atoms with Gasteiger partial charge in [-0.25, -0.2) is 4.79 Å². The molecule has 3 aromatic rings. The fraction of sp³-hybridized carbons (Fsp3) is 0.211. The highest BCUT2D eigenvalue weighted by atomic mass is 16.5. The number of carbonyl (C=O) groups excluding carboxylic acids is 1. The molecular formula is C19H19NO4. The molecule has 0 fully saturated rings. The first-order valence-electron chi connectivity index (χ1n) is 7.76. The normalized spacial score (nSPS) is 10.6. The molecule has 0 atom stereocenters. The molecule has 1 N–H and O–H groups in total. The summed E-state index contributed by atoms with van der Waals surface area (Å²) in [5.74, 6) is 1.16. The van der Waals surface area contributed by atoms with Crippen molar-refractivity contribution in [1.29, 1.82) is 0 Å². The van der Waals surface area contributed by atoms with Crippen molar-refractivity contribution in [2.75, 3.05) is 13.7 Å². The van der Waals surface area contributed by atoms with Crippen molar-refractivity contribution in [3.05, 3.63) is 59.8 Å². The predicted octanol–water partition coefficient (Wildman–Crippen LogP) is 3.93. The minimum Gasteiger partial charge on any atom is -0.497 e. The van der Waals surface area contributed by atoms with E-state index in [4.69, 9.17) is 14.2 Å². The average Bonchev–Trinajstić information content (AvgIpc) is 3.05. The summed E-state index contributed by atoms with van der Waals surface area (Å²) in [5, 5.41) is 0.856. The SMILES string of the molecule is CCOC(=O)c1cc2c(OCc3ccc(OC)cc3)cccc2[nH]1. The summed E-state index contributed by atoms with van der Waals surface area (Å²) in [6.07, 6.45) is 0. The van der Waals surface area contributed by atoms with Gasteiger partial charge in [-0.05, 0) is 42.8 Å². The van der Waals surface area contributed by atoms with E-state index < -0.39 is 0 Å². The van der Waals surface area contributed by atoms with Crippen molar-refractivity contribution in [2.24, 2.45) is 0 Å². The zero-order valence-corrected chi connectivity index (χ0v) is 13.7.